The van der Waals surface area contributed by atoms with Crippen LogP contribution >= 0.6 is 11.8 Å². The Bertz CT molecular complexity index is 628. The van der Waals surface area contributed by atoms with Crippen LogP contribution < -0.4 is 10.1 Å². The molecule has 2 atom stereocenters. The average Bonchev–Trinajstić information content (AvgIpc) is 2.84. The van der Waals surface area contributed by atoms with Crippen molar-refractivity contribution in [1.29, 1.82) is 0 Å². The van der Waals surface area contributed by atoms with Crippen molar-refractivity contribution in [3.63, 3.8) is 0 Å². The molecule has 1 heterocycles. The van der Waals surface area contributed by atoms with Crippen LogP contribution in [0.5, 0.6) is 5.75 Å². The quantitative estimate of drug-likeness (QED) is 0.754. The molecule has 1 fully saturated rings. The molecule has 1 aromatic rings. The second-order valence-electron chi connectivity index (χ2n) is 5.78. The zero-order valence-corrected chi connectivity index (χ0v) is 15.1. The number of aryl methyl sites for hydroxylation is 1. The zero-order chi connectivity index (χ0) is 16.9. The topological polar surface area (TPSA) is 72.5 Å². The first-order valence-electron chi connectivity index (χ1n) is 7.67. The number of carbonyl (C=O) groups is 1. The number of thioether (sulfide) groups is 1. The van der Waals surface area contributed by atoms with Crippen molar-refractivity contribution in [3.8, 4) is 5.75 Å². The van der Waals surface area contributed by atoms with E-state index < -0.39 is 9.84 Å². The summed E-state index contributed by atoms with van der Waals surface area (Å²) in [7, 11) is -2.96. The van der Waals surface area contributed by atoms with E-state index in [1.807, 2.05) is 38.1 Å². The van der Waals surface area contributed by atoms with Gasteiger partial charge in [0, 0.05) is 11.8 Å². The smallest absolute Gasteiger partial charge is 0.233 e. The van der Waals surface area contributed by atoms with Gasteiger partial charge in [0.15, 0.2) is 9.84 Å². The summed E-state index contributed by atoms with van der Waals surface area (Å²) in [5.74, 6) is 1.65. The molecular formula is C16H23NO4S2. The number of carbonyl (C=O) groups excluding carboxylic acids is 1. The lowest BCUT2D eigenvalue weighted by molar-refractivity contribution is -0.120. The number of sulfone groups is 1. The lowest BCUT2D eigenvalue weighted by atomic mass is 10.2. The highest BCUT2D eigenvalue weighted by molar-refractivity contribution is 8.00. The van der Waals surface area contributed by atoms with Crippen molar-refractivity contribution in [2.24, 2.45) is 0 Å². The van der Waals surface area contributed by atoms with Crippen molar-refractivity contribution < 1.29 is 17.9 Å². The van der Waals surface area contributed by atoms with Crippen LogP contribution in [0.3, 0.4) is 0 Å². The first-order chi connectivity index (χ1) is 10.9. The van der Waals surface area contributed by atoms with Gasteiger partial charge in [0.25, 0.3) is 0 Å². The minimum absolute atomic E-state index is 0.0622. The fourth-order valence-corrected chi connectivity index (χ4v) is 4.75. The minimum atomic E-state index is -2.96. The number of benzene rings is 1. The molecule has 23 heavy (non-hydrogen) atoms. The Morgan fingerprint density at radius 1 is 1.39 bits per heavy atom. The second-order valence-corrected chi connectivity index (χ2v) is 9.46. The lowest BCUT2D eigenvalue weighted by Gasteiger charge is -2.15. The molecule has 0 bridgehead atoms. The van der Waals surface area contributed by atoms with E-state index in [4.69, 9.17) is 4.74 Å². The third kappa shape index (κ3) is 6.06. The van der Waals surface area contributed by atoms with E-state index in [-0.39, 0.29) is 28.7 Å². The number of hydrogen-bond donors (Lipinski definition) is 1. The van der Waals surface area contributed by atoms with Crippen molar-refractivity contribution in [3.05, 3.63) is 29.8 Å². The van der Waals surface area contributed by atoms with Crippen molar-refractivity contribution in [2.75, 3.05) is 23.9 Å². The Balaban J connectivity index is 1.65. The van der Waals surface area contributed by atoms with E-state index in [2.05, 4.69) is 5.32 Å². The van der Waals surface area contributed by atoms with Crippen LogP contribution in [0.1, 0.15) is 18.9 Å². The van der Waals surface area contributed by atoms with E-state index >= 15 is 0 Å². The molecule has 5 nitrogen and oxygen atoms in total. The van der Waals surface area contributed by atoms with Crippen LogP contribution in [0.4, 0.5) is 0 Å². The number of hydrogen-bond acceptors (Lipinski definition) is 5. The molecule has 0 saturated carbocycles. The van der Waals surface area contributed by atoms with Gasteiger partial charge in [-0.3, -0.25) is 4.79 Å². The van der Waals surface area contributed by atoms with Gasteiger partial charge in [0.05, 0.1) is 23.4 Å². The molecule has 128 valence electrons. The van der Waals surface area contributed by atoms with Crippen LogP contribution in [0, 0.1) is 6.92 Å². The first kappa shape index (κ1) is 18.1. The predicted octanol–water partition coefficient (Wildman–Crippen LogP) is 1.80. The summed E-state index contributed by atoms with van der Waals surface area (Å²) in [6, 6.07) is 7.61. The van der Waals surface area contributed by atoms with Crippen LogP contribution in [0.25, 0.3) is 0 Å². The average molecular weight is 357 g/mol. The van der Waals surface area contributed by atoms with E-state index in [0.717, 1.165) is 5.75 Å². The maximum atomic E-state index is 12.0. The molecule has 0 spiro atoms. The zero-order valence-electron chi connectivity index (χ0n) is 13.4. The summed E-state index contributed by atoms with van der Waals surface area (Å²) in [5.41, 5.74) is 1.19. The van der Waals surface area contributed by atoms with Crippen molar-refractivity contribution in [2.45, 2.75) is 31.6 Å². The Kier molecular flexibility index (Phi) is 6.35. The molecular weight excluding hydrogens is 334 g/mol. The molecule has 1 aliphatic rings. The van der Waals surface area contributed by atoms with Gasteiger partial charge in [-0.2, -0.15) is 0 Å². The normalized spacial score (nSPS) is 20.9. The fraction of sp³-hybridized carbons (Fsp3) is 0.562. The largest absolute Gasteiger partial charge is 0.493 e. The molecule has 0 aromatic heterocycles. The lowest BCUT2D eigenvalue weighted by Crippen LogP contribution is -2.40. The number of nitrogens with one attached hydrogen (secondary N) is 1. The highest BCUT2D eigenvalue weighted by Gasteiger charge is 2.29. The molecule has 1 aromatic carbocycles. The molecule has 0 aliphatic carbocycles. The summed E-state index contributed by atoms with van der Waals surface area (Å²) >= 11 is 1.50. The third-order valence-corrected chi connectivity index (χ3v) is 6.57. The molecule has 0 unspecified atom stereocenters. The second kappa shape index (κ2) is 8.06. The van der Waals surface area contributed by atoms with Gasteiger partial charge in [-0.25, -0.2) is 8.42 Å². The van der Waals surface area contributed by atoms with Gasteiger partial charge in [0.2, 0.25) is 5.91 Å². The summed E-state index contributed by atoms with van der Waals surface area (Å²) in [6.45, 7) is 4.38. The van der Waals surface area contributed by atoms with E-state index in [1.54, 1.807) is 0 Å². The van der Waals surface area contributed by atoms with Crippen LogP contribution in [-0.4, -0.2) is 49.5 Å². The third-order valence-electron chi connectivity index (χ3n) is 3.69. The maximum Gasteiger partial charge on any atom is 0.233 e. The Labute approximate surface area is 142 Å². The van der Waals surface area contributed by atoms with Crippen LogP contribution in [-0.2, 0) is 14.6 Å². The summed E-state index contributed by atoms with van der Waals surface area (Å²) in [4.78, 5) is 12.0. The van der Waals surface area contributed by atoms with Gasteiger partial charge >= 0.3 is 0 Å². The van der Waals surface area contributed by atoms with Crippen molar-refractivity contribution in [1.82, 2.24) is 5.32 Å². The predicted molar refractivity (Wildman–Crippen MR) is 93.8 cm³/mol. The first-order valence-corrected chi connectivity index (χ1v) is 10.5. The molecule has 0 radical (unpaired) electrons. The minimum Gasteiger partial charge on any atom is -0.493 e. The highest BCUT2D eigenvalue weighted by atomic mass is 32.2. The molecule has 2 rings (SSSR count). The van der Waals surface area contributed by atoms with E-state index in [9.17, 15) is 13.2 Å². The molecule has 1 aliphatic heterocycles. The SMILES string of the molecule is Cc1ccc(OCCS[C@H](C)C(=O)N[C@@H]2CCS(=O)(=O)C2)cc1. The Hall–Kier alpha value is -1.21. The molecule has 1 N–H and O–H groups in total. The summed E-state index contributed by atoms with van der Waals surface area (Å²) < 4.78 is 28.4. The number of amides is 1. The molecule has 1 saturated heterocycles. The van der Waals surface area contributed by atoms with E-state index in [1.165, 1.54) is 17.3 Å². The monoisotopic (exact) mass is 357 g/mol. The van der Waals surface area contributed by atoms with Gasteiger partial charge in [0.1, 0.15) is 5.75 Å². The Morgan fingerprint density at radius 2 is 2.09 bits per heavy atom. The number of rotatable bonds is 7. The van der Waals surface area contributed by atoms with Gasteiger partial charge < -0.3 is 10.1 Å². The summed E-state index contributed by atoms with van der Waals surface area (Å²) in [6.07, 6.45) is 0.516. The van der Waals surface area contributed by atoms with Gasteiger partial charge in [-0.05, 0) is 32.4 Å². The fourth-order valence-electron chi connectivity index (χ4n) is 2.32. The van der Waals surface area contributed by atoms with Gasteiger partial charge in [-0.15, -0.1) is 11.8 Å². The van der Waals surface area contributed by atoms with Crippen molar-refractivity contribution >= 4 is 27.5 Å². The summed E-state index contributed by atoms with van der Waals surface area (Å²) in [5, 5.41) is 2.60. The van der Waals surface area contributed by atoms with E-state index in [0.29, 0.717) is 18.8 Å². The maximum absolute atomic E-state index is 12.0. The van der Waals surface area contributed by atoms with Gasteiger partial charge in [-0.1, -0.05) is 17.7 Å². The standard InChI is InChI=1S/C16H23NO4S2/c1-12-3-5-15(6-4-12)21-8-9-22-13(2)16(18)17-14-7-10-23(19,20)11-14/h3-6,13-14H,7-11H2,1-2H3,(H,17,18)/t13-,14-/m1/s1. The van der Waals surface area contributed by atoms with Crippen LogP contribution in [0.15, 0.2) is 24.3 Å². The van der Waals surface area contributed by atoms with Crippen LogP contribution in [0.2, 0.25) is 0 Å². The molecule has 7 heteroatoms. The number of ether oxygens (including phenoxy) is 1. The highest BCUT2D eigenvalue weighted by Crippen LogP contribution is 2.16. The molecule has 1 amide bonds. The Morgan fingerprint density at radius 3 is 2.70 bits per heavy atom.